The summed E-state index contributed by atoms with van der Waals surface area (Å²) < 4.78 is 0. The van der Waals surface area contributed by atoms with Crippen molar-refractivity contribution in [2.45, 2.75) is 52.6 Å². The summed E-state index contributed by atoms with van der Waals surface area (Å²) in [6, 6.07) is -0.521. The Morgan fingerprint density at radius 1 is 1.28 bits per heavy atom. The molecule has 5 heteroatoms. The van der Waals surface area contributed by atoms with Crippen molar-refractivity contribution in [3.8, 4) is 0 Å². The zero-order valence-electron chi connectivity index (χ0n) is 11.9. The number of imide groups is 1. The smallest absolute Gasteiger partial charge is 0.321 e. The lowest BCUT2D eigenvalue weighted by Crippen LogP contribution is -3.18. The quantitative estimate of drug-likeness (QED) is 0.661. The number of carbonyl (C=O) groups is 2. The van der Waals surface area contributed by atoms with Crippen LogP contribution in [-0.4, -0.2) is 37.1 Å². The van der Waals surface area contributed by atoms with Crippen LogP contribution in [0.25, 0.3) is 0 Å². The van der Waals surface area contributed by atoms with E-state index in [2.05, 4.69) is 17.6 Å². The standard InChI is InChI=1S/C13H25N3O2/c1-9(2)14-13(18)15-12(17)11(4)16-7-5-6-10(3)8-16/h9-11H,5-8H2,1-4H3,(H2,14,15,17,18)/p+1/t10-,11+/m1/s1. The molecule has 0 spiro atoms. The number of hydrogen-bond acceptors (Lipinski definition) is 2. The van der Waals surface area contributed by atoms with Crippen molar-refractivity contribution in [1.82, 2.24) is 10.6 Å². The molecule has 18 heavy (non-hydrogen) atoms. The van der Waals surface area contributed by atoms with Crippen LogP contribution in [0.2, 0.25) is 0 Å². The van der Waals surface area contributed by atoms with Gasteiger partial charge >= 0.3 is 6.03 Å². The summed E-state index contributed by atoms with van der Waals surface area (Å²) in [4.78, 5) is 24.7. The molecule has 0 saturated carbocycles. The Morgan fingerprint density at radius 3 is 2.50 bits per heavy atom. The summed E-state index contributed by atoms with van der Waals surface area (Å²) in [6.07, 6.45) is 2.40. The van der Waals surface area contributed by atoms with Gasteiger partial charge in [0.05, 0.1) is 13.1 Å². The van der Waals surface area contributed by atoms with E-state index < -0.39 is 6.03 Å². The Bertz CT molecular complexity index is 305. The van der Waals surface area contributed by atoms with E-state index in [1.165, 1.54) is 11.3 Å². The molecule has 1 aliphatic heterocycles. The van der Waals surface area contributed by atoms with E-state index in [0.717, 1.165) is 19.5 Å². The summed E-state index contributed by atoms with van der Waals surface area (Å²) in [5, 5.41) is 5.07. The molecule has 1 aliphatic rings. The van der Waals surface area contributed by atoms with E-state index in [9.17, 15) is 9.59 Å². The van der Waals surface area contributed by atoms with Crippen molar-refractivity contribution < 1.29 is 14.5 Å². The average molecular weight is 256 g/mol. The first-order valence-corrected chi connectivity index (χ1v) is 6.86. The molecule has 3 N–H and O–H groups in total. The largest absolute Gasteiger partial charge is 0.336 e. The van der Waals surface area contributed by atoms with Crippen molar-refractivity contribution >= 4 is 11.9 Å². The van der Waals surface area contributed by atoms with Gasteiger partial charge in [0.15, 0.2) is 6.04 Å². The monoisotopic (exact) mass is 256 g/mol. The van der Waals surface area contributed by atoms with Crippen LogP contribution in [0.15, 0.2) is 0 Å². The summed E-state index contributed by atoms with van der Waals surface area (Å²) in [6.45, 7) is 9.88. The van der Waals surface area contributed by atoms with Gasteiger partial charge < -0.3 is 10.2 Å². The number of rotatable bonds is 3. The first kappa shape index (κ1) is 15.0. The van der Waals surface area contributed by atoms with Crippen molar-refractivity contribution in [3.05, 3.63) is 0 Å². The molecule has 104 valence electrons. The van der Waals surface area contributed by atoms with Gasteiger partial charge in [0.1, 0.15) is 0 Å². The van der Waals surface area contributed by atoms with Gasteiger partial charge in [-0.15, -0.1) is 0 Å². The van der Waals surface area contributed by atoms with Crippen LogP contribution in [0, 0.1) is 5.92 Å². The Labute approximate surface area is 109 Å². The van der Waals surface area contributed by atoms with E-state index in [4.69, 9.17) is 0 Å². The summed E-state index contributed by atoms with van der Waals surface area (Å²) in [7, 11) is 0. The molecule has 1 rings (SSSR count). The number of amides is 3. The molecule has 0 bridgehead atoms. The third-order valence-corrected chi connectivity index (χ3v) is 3.47. The Morgan fingerprint density at radius 2 is 1.94 bits per heavy atom. The fourth-order valence-electron chi connectivity index (χ4n) is 2.43. The van der Waals surface area contributed by atoms with E-state index in [-0.39, 0.29) is 18.0 Å². The van der Waals surface area contributed by atoms with Crippen LogP contribution in [0.1, 0.15) is 40.5 Å². The van der Waals surface area contributed by atoms with E-state index in [1.54, 1.807) is 0 Å². The molecule has 0 aliphatic carbocycles. The maximum Gasteiger partial charge on any atom is 0.321 e. The molecule has 1 heterocycles. The summed E-state index contributed by atoms with van der Waals surface area (Å²) in [5.41, 5.74) is 0. The van der Waals surface area contributed by atoms with Gasteiger partial charge in [0.25, 0.3) is 5.91 Å². The SMILES string of the molecule is CC(C)NC(=O)NC(=O)[C@H](C)[NH+]1CCC[C@@H](C)C1. The molecule has 5 nitrogen and oxygen atoms in total. The number of quaternary nitrogens is 1. The van der Waals surface area contributed by atoms with Gasteiger partial charge in [0, 0.05) is 12.0 Å². The van der Waals surface area contributed by atoms with Gasteiger partial charge in [-0.05, 0) is 33.6 Å². The first-order chi connectivity index (χ1) is 8.40. The molecule has 1 unspecified atom stereocenters. The number of piperidine rings is 1. The van der Waals surface area contributed by atoms with Crippen molar-refractivity contribution in [3.63, 3.8) is 0 Å². The molecule has 0 aromatic heterocycles. The fraction of sp³-hybridized carbons (Fsp3) is 0.846. The van der Waals surface area contributed by atoms with Crippen LogP contribution in [0.4, 0.5) is 4.79 Å². The Balaban J connectivity index is 2.43. The topological polar surface area (TPSA) is 62.6 Å². The number of carbonyl (C=O) groups excluding carboxylic acids is 2. The lowest BCUT2D eigenvalue weighted by atomic mass is 9.99. The van der Waals surface area contributed by atoms with Crippen LogP contribution >= 0.6 is 0 Å². The average Bonchev–Trinajstić information content (AvgIpc) is 2.26. The van der Waals surface area contributed by atoms with Crippen molar-refractivity contribution in [2.24, 2.45) is 5.92 Å². The predicted octanol–water partition coefficient (Wildman–Crippen LogP) is -0.0761. The van der Waals surface area contributed by atoms with Crippen molar-refractivity contribution in [1.29, 1.82) is 0 Å². The maximum atomic E-state index is 11.9. The first-order valence-electron chi connectivity index (χ1n) is 6.86. The summed E-state index contributed by atoms with van der Waals surface area (Å²) in [5.74, 6) is 0.478. The van der Waals surface area contributed by atoms with Gasteiger partial charge in [-0.25, -0.2) is 4.79 Å². The fourth-order valence-corrected chi connectivity index (χ4v) is 2.43. The third kappa shape index (κ3) is 4.64. The number of hydrogen-bond donors (Lipinski definition) is 3. The minimum absolute atomic E-state index is 0.0375. The number of urea groups is 1. The second kappa shape index (κ2) is 6.73. The van der Waals surface area contributed by atoms with Crippen molar-refractivity contribution in [2.75, 3.05) is 13.1 Å². The highest BCUT2D eigenvalue weighted by molar-refractivity contribution is 5.96. The lowest BCUT2D eigenvalue weighted by Gasteiger charge is -2.31. The van der Waals surface area contributed by atoms with Gasteiger partial charge in [-0.2, -0.15) is 0 Å². The Kier molecular flexibility index (Phi) is 5.59. The maximum absolute atomic E-state index is 11.9. The molecule has 1 fully saturated rings. The highest BCUT2D eigenvalue weighted by atomic mass is 16.2. The van der Waals surface area contributed by atoms with Crippen LogP contribution < -0.4 is 15.5 Å². The molecule has 0 aromatic carbocycles. The molecule has 0 radical (unpaired) electrons. The predicted molar refractivity (Wildman–Crippen MR) is 70.4 cm³/mol. The highest BCUT2D eigenvalue weighted by Crippen LogP contribution is 2.05. The lowest BCUT2D eigenvalue weighted by molar-refractivity contribution is -0.922. The van der Waals surface area contributed by atoms with Gasteiger partial charge in [0.2, 0.25) is 0 Å². The van der Waals surface area contributed by atoms with E-state index in [0.29, 0.717) is 5.92 Å². The second-order valence-corrected chi connectivity index (χ2v) is 5.70. The van der Waals surface area contributed by atoms with E-state index in [1.807, 2.05) is 20.8 Å². The Hall–Kier alpha value is -1.10. The van der Waals surface area contributed by atoms with Gasteiger partial charge in [-0.3, -0.25) is 10.1 Å². The molecule has 0 aromatic rings. The second-order valence-electron chi connectivity index (χ2n) is 5.70. The number of nitrogens with one attached hydrogen (secondary N) is 3. The third-order valence-electron chi connectivity index (χ3n) is 3.47. The van der Waals surface area contributed by atoms with Crippen LogP contribution in [0.3, 0.4) is 0 Å². The van der Waals surface area contributed by atoms with E-state index >= 15 is 0 Å². The summed E-state index contributed by atoms with van der Waals surface area (Å²) >= 11 is 0. The van der Waals surface area contributed by atoms with Crippen LogP contribution in [-0.2, 0) is 4.79 Å². The normalized spacial score (nSPS) is 25.6. The molecular weight excluding hydrogens is 230 g/mol. The minimum Gasteiger partial charge on any atom is -0.336 e. The minimum atomic E-state index is -0.397. The van der Waals surface area contributed by atoms with Crippen LogP contribution in [0.5, 0.6) is 0 Å². The zero-order chi connectivity index (χ0) is 13.7. The number of likely N-dealkylation sites (tertiary alicyclic amines) is 1. The molecule has 1 saturated heterocycles. The molecule has 3 atom stereocenters. The zero-order valence-corrected chi connectivity index (χ0v) is 11.9. The highest BCUT2D eigenvalue weighted by Gasteiger charge is 2.30. The molecular formula is C13H26N3O2+. The van der Waals surface area contributed by atoms with Gasteiger partial charge in [-0.1, -0.05) is 6.92 Å². The molecule has 3 amide bonds.